The van der Waals surface area contributed by atoms with Gasteiger partial charge >= 0.3 is 0 Å². The van der Waals surface area contributed by atoms with Gasteiger partial charge in [-0.25, -0.2) is 0 Å². The van der Waals surface area contributed by atoms with Crippen molar-refractivity contribution in [1.29, 1.82) is 0 Å². The van der Waals surface area contributed by atoms with Crippen LogP contribution in [0.3, 0.4) is 0 Å². The first kappa shape index (κ1) is 16.2. The molecule has 2 fully saturated rings. The summed E-state index contributed by atoms with van der Waals surface area (Å²) in [6.07, 6.45) is 1.51. The summed E-state index contributed by atoms with van der Waals surface area (Å²) in [5.74, 6) is 6.48. The molecule has 2 aliphatic carbocycles. The van der Waals surface area contributed by atoms with Crippen LogP contribution in [0.5, 0.6) is 0 Å². The highest BCUT2D eigenvalue weighted by Gasteiger charge is 2.55. The number of aliphatic hydroxyl groups is 2. The maximum atomic E-state index is 12.1. The summed E-state index contributed by atoms with van der Waals surface area (Å²) in [4.78, 5) is 12.1. The van der Waals surface area contributed by atoms with E-state index >= 15 is 0 Å². The van der Waals surface area contributed by atoms with Gasteiger partial charge in [-0.2, -0.15) is 0 Å². The molecule has 0 radical (unpaired) electrons. The second-order valence-corrected chi connectivity index (χ2v) is 6.77. The molecule has 6 atom stereocenters. The van der Waals surface area contributed by atoms with Gasteiger partial charge in [0.25, 0.3) is 0 Å². The third kappa shape index (κ3) is 3.20. The Bertz CT molecular complexity index is 605. The van der Waals surface area contributed by atoms with Crippen LogP contribution in [0.2, 0.25) is 0 Å². The average molecular weight is 312 g/mol. The number of ketones is 1. The largest absolute Gasteiger partial charge is 0.392 e. The SMILES string of the molecule is CCC1C(=O)[C@H]2CC[C@@H](O)[C@H](C#C[C@@H](O)Cc3ccccc3)[C@@H]12. The second-order valence-electron chi connectivity index (χ2n) is 6.77. The third-order valence-electron chi connectivity index (χ3n) is 5.39. The topological polar surface area (TPSA) is 57.5 Å². The summed E-state index contributed by atoms with van der Waals surface area (Å²) in [7, 11) is 0. The lowest BCUT2D eigenvalue weighted by Gasteiger charge is -2.50. The van der Waals surface area contributed by atoms with Gasteiger partial charge in [-0.1, -0.05) is 49.1 Å². The van der Waals surface area contributed by atoms with Crippen molar-refractivity contribution in [2.45, 2.75) is 44.8 Å². The molecule has 2 saturated carbocycles. The summed E-state index contributed by atoms with van der Waals surface area (Å²) < 4.78 is 0. The van der Waals surface area contributed by atoms with E-state index in [0.717, 1.165) is 18.4 Å². The van der Waals surface area contributed by atoms with Gasteiger partial charge in [0.05, 0.1) is 12.0 Å². The molecule has 1 aromatic carbocycles. The lowest BCUT2D eigenvalue weighted by atomic mass is 9.52. The van der Waals surface area contributed by atoms with Gasteiger partial charge in [0.2, 0.25) is 0 Å². The van der Waals surface area contributed by atoms with Crippen LogP contribution in [0.25, 0.3) is 0 Å². The predicted molar refractivity (Wildman–Crippen MR) is 88.4 cm³/mol. The fourth-order valence-electron chi connectivity index (χ4n) is 4.18. The smallest absolute Gasteiger partial charge is 0.139 e. The quantitative estimate of drug-likeness (QED) is 0.841. The highest BCUT2D eigenvalue weighted by molar-refractivity contribution is 5.90. The van der Waals surface area contributed by atoms with Crippen LogP contribution in [-0.2, 0) is 11.2 Å². The van der Waals surface area contributed by atoms with Crippen LogP contribution in [0, 0.1) is 35.5 Å². The Balaban J connectivity index is 1.69. The van der Waals surface area contributed by atoms with E-state index in [2.05, 4.69) is 11.8 Å². The first-order valence-corrected chi connectivity index (χ1v) is 8.56. The zero-order valence-electron chi connectivity index (χ0n) is 13.5. The number of hydrogen-bond donors (Lipinski definition) is 2. The molecule has 0 heterocycles. The van der Waals surface area contributed by atoms with Crippen LogP contribution in [0.1, 0.15) is 31.7 Å². The maximum absolute atomic E-state index is 12.1. The molecule has 1 unspecified atom stereocenters. The highest BCUT2D eigenvalue weighted by atomic mass is 16.3. The number of benzene rings is 1. The van der Waals surface area contributed by atoms with Crippen molar-refractivity contribution in [2.24, 2.45) is 23.7 Å². The Morgan fingerprint density at radius 1 is 1.26 bits per heavy atom. The molecule has 2 N–H and O–H groups in total. The van der Waals surface area contributed by atoms with Gasteiger partial charge in [0.15, 0.2) is 0 Å². The summed E-state index contributed by atoms with van der Waals surface area (Å²) in [5, 5.41) is 20.4. The van der Waals surface area contributed by atoms with Crippen LogP contribution < -0.4 is 0 Å². The fraction of sp³-hybridized carbons (Fsp3) is 0.550. The number of Topliss-reactive ketones (excluding diaryl/α,β-unsaturated/α-hetero) is 1. The van der Waals surface area contributed by atoms with Crippen molar-refractivity contribution in [2.75, 3.05) is 0 Å². The summed E-state index contributed by atoms with van der Waals surface area (Å²) in [5.41, 5.74) is 1.04. The van der Waals surface area contributed by atoms with E-state index in [0.29, 0.717) is 18.6 Å². The average Bonchev–Trinajstić information content (AvgIpc) is 2.55. The third-order valence-corrected chi connectivity index (χ3v) is 5.39. The van der Waals surface area contributed by atoms with E-state index in [-0.39, 0.29) is 23.7 Å². The molecule has 0 bridgehead atoms. The van der Waals surface area contributed by atoms with E-state index < -0.39 is 12.2 Å². The van der Waals surface area contributed by atoms with Crippen LogP contribution in [0.15, 0.2) is 30.3 Å². The van der Waals surface area contributed by atoms with Crippen LogP contribution in [0.4, 0.5) is 0 Å². The lowest BCUT2D eigenvalue weighted by molar-refractivity contribution is -0.153. The Labute approximate surface area is 137 Å². The zero-order chi connectivity index (χ0) is 16.4. The van der Waals surface area contributed by atoms with Crippen molar-refractivity contribution < 1.29 is 15.0 Å². The van der Waals surface area contributed by atoms with Gasteiger partial charge in [-0.15, -0.1) is 0 Å². The van der Waals surface area contributed by atoms with Gasteiger partial charge in [-0.3, -0.25) is 4.79 Å². The lowest BCUT2D eigenvalue weighted by Crippen LogP contribution is -2.56. The van der Waals surface area contributed by atoms with Crippen molar-refractivity contribution in [3.63, 3.8) is 0 Å². The fourth-order valence-corrected chi connectivity index (χ4v) is 4.18. The van der Waals surface area contributed by atoms with Gasteiger partial charge in [0.1, 0.15) is 11.9 Å². The molecule has 0 spiro atoms. The number of fused-ring (bicyclic) bond motifs is 1. The molecule has 0 aliphatic heterocycles. The number of carbonyl (C=O) groups is 1. The maximum Gasteiger partial charge on any atom is 0.139 e. The molecule has 3 nitrogen and oxygen atoms in total. The van der Waals surface area contributed by atoms with E-state index in [1.54, 1.807) is 0 Å². The molecular weight excluding hydrogens is 288 g/mol. The Kier molecular flexibility index (Phi) is 4.84. The first-order valence-electron chi connectivity index (χ1n) is 8.56. The molecule has 3 rings (SSSR count). The molecule has 122 valence electrons. The number of aliphatic hydroxyl groups excluding tert-OH is 2. The van der Waals surface area contributed by atoms with E-state index in [4.69, 9.17) is 0 Å². The summed E-state index contributed by atoms with van der Waals surface area (Å²) in [6.45, 7) is 2.02. The van der Waals surface area contributed by atoms with Gasteiger partial charge < -0.3 is 10.2 Å². The minimum atomic E-state index is -0.735. The number of carbonyl (C=O) groups excluding carboxylic acids is 1. The molecular formula is C20H24O3. The van der Waals surface area contributed by atoms with E-state index in [1.807, 2.05) is 37.3 Å². The van der Waals surface area contributed by atoms with Crippen molar-refractivity contribution in [3.8, 4) is 11.8 Å². The summed E-state index contributed by atoms with van der Waals surface area (Å²) >= 11 is 0. The van der Waals surface area contributed by atoms with Crippen LogP contribution in [-0.4, -0.2) is 28.2 Å². The van der Waals surface area contributed by atoms with Crippen LogP contribution >= 0.6 is 0 Å². The monoisotopic (exact) mass is 312 g/mol. The highest BCUT2D eigenvalue weighted by Crippen LogP contribution is 2.50. The predicted octanol–water partition coefficient (Wildman–Crippen LogP) is 2.21. The molecule has 2 aliphatic rings. The minimum absolute atomic E-state index is 0.0421. The van der Waals surface area contributed by atoms with Gasteiger partial charge in [-0.05, 0) is 30.7 Å². The van der Waals surface area contributed by atoms with E-state index in [1.165, 1.54) is 0 Å². The van der Waals surface area contributed by atoms with Crippen molar-refractivity contribution in [1.82, 2.24) is 0 Å². The summed E-state index contributed by atoms with van der Waals surface area (Å²) in [6, 6.07) is 9.76. The van der Waals surface area contributed by atoms with E-state index in [9.17, 15) is 15.0 Å². The normalized spacial score (nSPS) is 33.9. The standard InChI is InChI=1S/C20H24O3/c1-2-15-19-16(18(22)11-10-17(19)20(15)23)9-8-14(21)12-13-6-4-3-5-7-13/h3-7,14-19,21-22H,2,10-12H2,1H3/t14-,15?,16+,17+,18-,19-/m1/s1. The first-order chi connectivity index (χ1) is 11.1. The molecule has 23 heavy (non-hydrogen) atoms. The molecule has 1 aromatic rings. The molecule has 0 aromatic heterocycles. The molecule has 3 heteroatoms. The molecule has 0 saturated heterocycles. The zero-order valence-corrected chi connectivity index (χ0v) is 13.5. The Hall–Kier alpha value is -1.63. The minimum Gasteiger partial charge on any atom is -0.392 e. The van der Waals surface area contributed by atoms with Crippen molar-refractivity contribution in [3.05, 3.63) is 35.9 Å². The molecule has 0 amide bonds. The number of rotatable bonds is 3. The number of hydrogen-bond acceptors (Lipinski definition) is 3. The Morgan fingerprint density at radius 3 is 2.70 bits per heavy atom. The Morgan fingerprint density at radius 2 is 2.00 bits per heavy atom. The second kappa shape index (κ2) is 6.86. The van der Waals surface area contributed by atoms with Crippen molar-refractivity contribution >= 4 is 5.78 Å². The van der Waals surface area contributed by atoms with Gasteiger partial charge in [0, 0.05) is 18.3 Å².